The Kier molecular flexibility index (Phi) is 6.74. The van der Waals surface area contributed by atoms with Crippen LogP contribution in [0.2, 0.25) is 0 Å². The molecule has 0 fully saturated rings. The van der Waals surface area contributed by atoms with E-state index < -0.39 is 39.3 Å². The second-order valence-corrected chi connectivity index (χ2v) is 10.5. The van der Waals surface area contributed by atoms with E-state index in [1.807, 2.05) is 0 Å². The third kappa shape index (κ3) is 5.20. The van der Waals surface area contributed by atoms with Gasteiger partial charge in [0.05, 0.1) is 11.1 Å². The van der Waals surface area contributed by atoms with Crippen LogP contribution in [0.4, 0.5) is 26.3 Å². The zero-order valence-electron chi connectivity index (χ0n) is 14.2. The second-order valence-electron chi connectivity index (χ2n) is 5.87. The maximum atomic E-state index is 13.1. The lowest BCUT2D eigenvalue weighted by Gasteiger charge is -2.22. The van der Waals surface area contributed by atoms with E-state index in [0.29, 0.717) is 12.3 Å². The molecular formula is C18H18F6P2. The zero-order chi connectivity index (χ0) is 19.5. The van der Waals surface area contributed by atoms with E-state index in [-0.39, 0.29) is 10.6 Å². The van der Waals surface area contributed by atoms with E-state index in [4.69, 9.17) is 0 Å². The van der Waals surface area contributed by atoms with Gasteiger partial charge in [-0.05, 0) is 48.4 Å². The highest BCUT2D eigenvalue weighted by Gasteiger charge is 2.35. The Balaban J connectivity index is 2.16. The summed E-state index contributed by atoms with van der Waals surface area (Å²) in [5.74, 6) is 0. The summed E-state index contributed by atoms with van der Waals surface area (Å²) in [4.78, 5) is 0. The molecule has 0 saturated heterocycles. The van der Waals surface area contributed by atoms with E-state index in [9.17, 15) is 26.3 Å². The largest absolute Gasteiger partial charge is 0.417 e. The Bertz CT molecular complexity index is 675. The second kappa shape index (κ2) is 8.27. The lowest BCUT2D eigenvalue weighted by atomic mass is 10.2. The molecule has 0 aliphatic rings. The molecule has 0 nitrogen and oxygen atoms in total. The standard InChI is InChI=1S/C18H18F6P2/c1-25(15-9-5-3-7-13(15)17(19,20)21)11-12-26(2)16-10-6-4-8-14(16)18(22,23)24/h3-10H,11-12H2,1-2H3. The summed E-state index contributed by atoms with van der Waals surface area (Å²) in [7, 11) is -2.21. The maximum absolute atomic E-state index is 13.1. The van der Waals surface area contributed by atoms with E-state index in [1.54, 1.807) is 25.5 Å². The molecule has 0 amide bonds. The molecule has 0 bridgehead atoms. The highest BCUT2D eigenvalue weighted by Crippen LogP contribution is 2.42. The number of benzene rings is 2. The van der Waals surface area contributed by atoms with Gasteiger partial charge in [-0.3, -0.25) is 0 Å². The van der Waals surface area contributed by atoms with Crippen molar-refractivity contribution < 1.29 is 26.3 Å². The Labute approximate surface area is 151 Å². The van der Waals surface area contributed by atoms with Crippen LogP contribution in [0.1, 0.15) is 11.1 Å². The van der Waals surface area contributed by atoms with E-state index in [0.717, 1.165) is 12.1 Å². The van der Waals surface area contributed by atoms with Crippen molar-refractivity contribution in [3.63, 3.8) is 0 Å². The maximum Gasteiger partial charge on any atom is 0.417 e. The Hall–Kier alpha value is -1.12. The lowest BCUT2D eigenvalue weighted by Crippen LogP contribution is -2.21. The average molecular weight is 410 g/mol. The first-order valence-corrected chi connectivity index (χ1v) is 11.7. The van der Waals surface area contributed by atoms with Gasteiger partial charge in [0.25, 0.3) is 0 Å². The van der Waals surface area contributed by atoms with Crippen LogP contribution in [0.3, 0.4) is 0 Å². The van der Waals surface area contributed by atoms with Crippen molar-refractivity contribution in [3.05, 3.63) is 59.7 Å². The van der Waals surface area contributed by atoms with Gasteiger partial charge in [0.1, 0.15) is 0 Å². The number of halogens is 6. The normalized spacial score (nSPS) is 14.9. The summed E-state index contributed by atoms with van der Waals surface area (Å²) in [6, 6.07) is 10.9. The van der Waals surface area contributed by atoms with Gasteiger partial charge >= 0.3 is 12.4 Å². The first-order chi connectivity index (χ1) is 12.0. The van der Waals surface area contributed by atoms with Crippen molar-refractivity contribution in [1.29, 1.82) is 0 Å². The molecule has 2 aromatic rings. The number of rotatable bonds is 5. The van der Waals surface area contributed by atoms with Gasteiger partial charge in [-0.2, -0.15) is 26.3 Å². The SMILES string of the molecule is CP(CCP(C)c1ccccc1C(F)(F)F)c1ccccc1C(F)(F)F. The van der Waals surface area contributed by atoms with Crippen molar-refractivity contribution in [2.75, 3.05) is 25.7 Å². The molecule has 0 radical (unpaired) electrons. The quantitative estimate of drug-likeness (QED) is 0.426. The summed E-state index contributed by atoms with van der Waals surface area (Å²) in [6.07, 6.45) is -7.94. The predicted octanol–water partition coefficient (Wildman–Crippen LogP) is 5.90. The molecule has 0 heterocycles. The number of hydrogen-bond acceptors (Lipinski definition) is 0. The third-order valence-electron chi connectivity index (χ3n) is 4.01. The third-order valence-corrected chi connectivity index (χ3v) is 8.58. The van der Waals surface area contributed by atoms with Crippen LogP contribution in [0.5, 0.6) is 0 Å². The van der Waals surface area contributed by atoms with Crippen LogP contribution in [0, 0.1) is 0 Å². The average Bonchev–Trinajstić information content (AvgIpc) is 2.58. The molecule has 2 rings (SSSR count). The molecule has 0 aliphatic carbocycles. The molecule has 0 aromatic heterocycles. The topological polar surface area (TPSA) is 0 Å². The molecular weight excluding hydrogens is 392 g/mol. The minimum Gasteiger partial charge on any atom is -0.166 e. The molecule has 0 spiro atoms. The summed E-state index contributed by atoms with van der Waals surface area (Å²) in [5.41, 5.74) is -1.30. The van der Waals surface area contributed by atoms with Crippen LogP contribution < -0.4 is 10.6 Å². The van der Waals surface area contributed by atoms with E-state index >= 15 is 0 Å². The van der Waals surface area contributed by atoms with Crippen LogP contribution in [-0.4, -0.2) is 25.7 Å². The molecule has 8 heteroatoms. The fourth-order valence-electron chi connectivity index (χ4n) is 2.63. The highest BCUT2D eigenvalue weighted by molar-refractivity contribution is 7.68. The minimum atomic E-state index is -4.42. The molecule has 0 aliphatic heterocycles. The van der Waals surface area contributed by atoms with Crippen LogP contribution >= 0.6 is 15.8 Å². The van der Waals surface area contributed by atoms with Crippen LogP contribution in [-0.2, 0) is 12.4 Å². The Morgan fingerprint density at radius 1 is 0.615 bits per heavy atom. The fraction of sp³-hybridized carbons (Fsp3) is 0.333. The molecule has 142 valence electrons. The van der Waals surface area contributed by atoms with Crippen LogP contribution in [0.25, 0.3) is 0 Å². The van der Waals surface area contributed by atoms with Crippen LogP contribution in [0.15, 0.2) is 48.5 Å². The van der Waals surface area contributed by atoms with E-state index in [1.165, 1.54) is 24.3 Å². The summed E-state index contributed by atoms with van der Waals surface area (Å²) < 4.78 is 78.9. The molecule has 2 unspecified atom stereocenters. The van der Waals surface area contributed by atoms with Crippen molar-refractivity contribution >= 4 is 26.5 Å². The molecule has 26 heavy (non-hydrogen) atoms. The van der Waals surface area contributed by atoms with Gasteiger partial charge in [0.2, 0.25) is 0 Å². The van der Waals surface area contributed by atoms with Gasteiger partial charge in [-0.25, -0.2) is 0 Å². The highest BCUT2D eigenvalue weighted by atomic mass is 31.1. The predicted molar refractivity (Wildman–Crippen MR) is 97.6 cm³/mol. The minimum absolute atomic E-state index is 0.252. The lowest BCUT2D eigenvalue weighted by molar-refractivity contribution is -0.137. The zero-order valence-corrected chi connectivity index (χ0v) is 16.0. The smallest absolute Gasteiger partial charge is 0.166 e. The van der Waals surface area contributed by atoms with Gasteiger partial charge in [0.15, 0.2) is 0 Å². The Morgan fingerprint density at radius 2 is 0.923 bits per heavy atom. The van der Waals surface area contributed by atoms with Gasteiger partial charge < -0.3 is 0 Å². The van der Waals surface area contributed by atoms with Crippen molar-refractivity contribution in [3.8, 4) is 0 Å². The Morgan fingerprint density at radius 3 is 1.23 bits per heavy atom. The van der Waals surface area contributed by atoms with Gasteiger partial charge in [0, 0.05) is 0 Å². The van der Waals surface area contributed by atoms with Gasteiger partial charge in [-0.15, -0.1) is 0 Å². The molecule has 0 N–H and O–H groups in total. The molecule has 2 aromatic carbocycles. The molecule has 0 saturated carbocycles. The van der Waals surface area contributed by atoms with Crippen molar-refractivity contribution in [2.24, 2.45) is 0 Å². The number of alkyl halides is 6. The fourth-order valence-corrected chi connectivity index (χ4v) is 7.42. The summed E-state index contributed by atoms with van der Waals surface area (Å²) in [6.45, 7) is 3.50. The summed E-state index contributed by atoms with van der Waals surface area (Å²) >= 11 is 0. The first-order valence-electron chi connectivity index (χ1n) is 7.76. The monoisotopic (exact) mass is 410 g/mol. The first kappa shape index (κ1) is 21.2. The summed E-state index contributed by atoms with van der Waals surface area (Å²) in [5, 5.41) is 0.505. The van der Waals surface area contributed by atoms with Crippen molar-refractivity contribution in [2.45, 2.75) is 12.4 Å². The van der Waals surface area contributed by atoms with E-state index in [2.05, 4.69) is 0 Å². The van der Waals surface area contributed by atoms with Gasteiger partial charge in [-0.1, -0.05) is 52.2 Å². The molecule has 2 atom stereocenters. The number of hydrogen-bond donors (Lipinski definition) is 0. The van der Waals surface area contributed by atoms with Crippen molar-refractivity contribution in [1.82, 2.24) is 0 Å².